The number of rotatable bonds is 3. The molecule has 0 saturated heterocycles. The third-order valence-corrected chi connectivity index (χ3v) is 3.85. The van der Waals surface area contributed by atoms with Gasteiger partial charge in [-0.25, -0.2) is 0 Å². The Labute approximate surface area is 104 Å². The Hall–Kier alpha value is -0.650. The molecule has 0 fully saturated rings. The van der Waals surface area contributed by atoms with Crippen LogP contribution in [0.5, 0.6) is 0 Å². The van der Waals surface area contributed by atoms with Crippen molar-refractivity contribution in [2.75, 3.05) is 0 Å². The summed E-state index contributed by atoms with van der Waals surface area (Å²) < 4.78 is 2.35. The first-order valence-corrected chi connectivity index (χ1v) is 6.16. The summed E-state index contributed by atoms with van der Waals surface area (Å²) in [5.74, 6) is 0.0247. The third-order valence-electron chi connectivity index (χ3n) is 1.78. The van der Waals surface area contributed by atoms with Gasteiger partial charge in [0.1, 0.15) is 6.54 Å². The number of hydrogen-bond donors (Lipinski definition) is 0. The second kappa shape index (κ2) is 4.47. The topological polar surface area (TPSA) is 34.9 Å². The van der Waals surface area contributed by atoms with Crippen molar-refractivity contribution in [2.24, 2.45) is 0 Å². The van der Waals surface area contributed by atoms with Gasteiger partial charge in [0.15, 0.2) is 5.78 Å². The number of halogens is 2. The highest BCUT2D eigenvalue weighted by Crippen LogP contribution is 2.23. The van der Waals surface area contributed by atoms with Crippen LogP contribution in [0.15, 0.2) is 28.3 Å². The van der Waals surface area contributed by atoms with Gasteiger partial charge in [-0.1, -0.05) is 11.6 Å². The Morgan fingerprint density at radius 2 is 2.47 bits per heavy atom. The van der Waals surface area contributed by atoms with E-state index >= 15 is 0 Å². The smallest absolute Gasteiger partial charge is 0.195 e. The molecular formula is C9H6BrClN2OS. The Kier molecular flexibility index (Phi) is 3.23. The number of nitrogens with zero attached hydrogens (tertiary/aromatic N) is 2. The van der Waals surface area contributed by atoms with Crippen molar-refractivity contribution < 1.29 is 4.79 Å². The van der Waals surface area contributed by atoms with Crippen molar-refractivity contribution in [3.05, 3.63) is 38.2 Å². The van der Waals surface area contributed by atoms with Crippen LogP contribution in [0.3, 0.4) is 0 Å². The van der Waals surface area contributed by atoms with Crippen LogP contribution >= 0.6 is 38.9 Å². The molecule has 0 spiro atoms. The fraction of sp³-hybridized carbons (Fsp3) is 0.111. The maximum absolute atomic E-state index is 11.8. The van der Waals surface area contributed by atoms with Crippen LogP contribution in [0.25, 0.3) is 0 Å². The van der Waals surface area contributed by atoms with E-state index in [1.807, 2.05) is 11.4 Å². The summed E-state index contributed by atoms with van der Waals surface area (Å²) in [4.78, 5) is 12.5. The third kappa shape index (κ3) is 2.48. The monoisotopic (exact) mass is 304 g/mol. The van der Waals surface area contributed by atoms with E-state index in [1.54, 1.807) is 6.20 Å². The minimum Gasteiger partial charge on any atom is -0.291 e. The van der Waals surface area contributed by atoms with Crippen LogP contribution in [0.2, 0.25) is 5.02 Å². The summed E-state index contributed by atoms with van der Waals surface area (Å²) in [7, 11) is 0. The molecule has 0 saturated carbocycles. The molecule has 6 heteroatoms. The summed E-state index contributed by atoms with van der Waals surface area (Å²) in [5, 5.41) is 6.35. The molecule has 0 bridgehead atoms. The predicted molar refractivity (Wildman–Crippen MR) is 63.6 cm³/mol. The van der Waals surface area contributed by atoms with Gasteiger partial charge in [-0.2, -0.15) is 5.10 Å². The lowest BCUT2D eigenvalue weighted by Gasteiger charge is -1.98. The summed E-state index contributed by atoms with van der Waals surface area (Å²) in [5.41, 5.74) is 0. The van der Waals surface area contributed by atoms with Crippen molar-refractivity contribution in [1.29, 1.82) is 0 Å². The molecule has 0 N–H and O–H groups in total. The van der Waals surface area contributed by atoms with E-state index < -0.39 is 0 Å². The zero-order valence-electron chi connectivity index (χ0n) is 7.48. The van der Waals surface area contributed by atoms with Crippen molar-refractivity contribution >= 4 is 44.7 Å². The summed E-state index contributed by atoms with van der Waals surface area (Å²) in [6.45, 7) is 0.214. The number of carbonyl (C=O) groups is 1. The average molecular weight is 306 g/mol. The maximum atomic E-state index is 11.8. The van der Waals surface area contributed by atoms with Crippen LogP contribution in [0, 0.1) is 0 Å². The van der Waals surface area contributed by atoms with Crippen LogP contribution < -0.4 is 0 Å². The Balaban J connectivity index is 2.14. The van der Waals surface area contributed by atoms with E-state index in [2.05, 4.69) is 21.0 Å². The Bertz CT molecular complexity index is 494. The lowest BCUT2D eigenvalue weighted by atomic mass is 10.3. The summed E-state index contributed by atoms with van der Waals surface area (Å²) in [6.07, 6.45) is 3.14. The normalized spacial score (nSPS) is 10.5. The van der Waals surface area contributed by atoms with Gasteiger partial charge in [0.25, 0.3) is 0 Å². The van der Waals surface area contributed by atoms with Gasteiger partial charge in [0.2, 0.25) is 0 Å². The Morgan fingerprint density at radius 1 is 1.67 bits per heavy atom. The van der Waals surface area contributed by atoms with Crippen molar-refractivity contribution in [3.63, 3.8) is 0 Å². The van der Waals surface area contributed by atoms with Gasteiger partial charge in [-0.3, -0.25) is 9.48 Å². The minimum absolute atomic E-state index is 0.0247. The maximum Gasteiger partial charge on any atom is 0.195 e. The number of carbonyl (C=O) groups excluding carboxylic acids is 1. The molecule has 78 valence electrons. The first-order valence-electron chi connectivity index (χ1n) is 4.11. The average Bonchev–Trinajstić information content (AvgIpc) is 2.75. The highest BCUT2D eigenvalue weighted by Gasteiger charge is 2.12. The van der Waals surface area contributed by atoms with Gasteiger partial charge in [0.05, 0.1) is 16.1 Å². The van der Waals surface area contributed by atoms with E-state index in [0.717, 1.165) is 4.47 Å². The van der Waals surface area contributed by atoms with Crippen LogP contribution in [0.4, 0.5) is 0 Å². The number of Topliss-reactive ketones (excluding diaryl/α,β-unsaturated/α-hetero) is 1. The zero-order chi connectivity index (χ0) is 10.8. The Morgan fingerprint density at radius 3 is 3.00 bits per heavy atom. The number of aromatic nitrogens is 2. The van der Waals surface area contributed by atoms with Gasteiger partial charge in [-0.15, -0.1) is 11.3 Å². The molecule has 0 aliphatic rings. The van der Waals surface area contributed by atoms with Crippen LogP contribution in [-0.2, 0) is 6.54 Å². The second-order valence-corrected chi connectivity index (χ2v) is 5.08. The molecule has 0 aliphatic carbocycles. The minimum atomic E-state index is 0.0247. The van der Waals surface area contributed by atoms with E-state index in [1.165, 1.54) is 22.2 Å². The van der Waals surface area contributed by atoms with Gasteiger partial charge in [-0.05, 0) is 27.4 Å². The number of thiophene rings is 1. The van der Waals surface area contributed by atoms with E-state index in [-0.39, 0.29) is 12.3 Å². The highest BCUT2D eigenvalue weighted by atomic mass is 79.9. The van der Waals surface area contributed by atoms with Crippen LogP contribution in [-0.4, -0.2) is 15.6 Å². The van der Waals surface area contributed by atoms with Gasteiger partial charge >= 0.3 is 0 Å². The highest BCUT2D eigenvalue weighted by molar-refractivity contribution is 9.10. The fourth-order valence-corrected chi connectivity index (χ4v) is 2.82. The molecular weight excluding hydrogens is 300 g/mol. The summed E-state index contributed by atoms with van der Waals surface area (Å²) >= 11 is 10.4. The van der Waals surface area contributed by atoms with Crippen molar-refractivity contribution in [1.82, 2.24) is 9.78 Å². The number of ketones is 1. The molecule has 0 radical (unpaired) electrons. The van der Waals surface area contributed by atoms with Gasteiger partial charge in [0, 0.05) is 10.7 Å². The van der Waals surface area contributed by atoms with E-state index in [0.29, 0.717) is 9.90 Å². The summed E-state index contributed by atoms with van der Waals surface area (Å²) in [6, 6.07) is 1.86. The first-order chi connectivity index (χ1) is 7.16. The molecule has 0 aromatic carbocycles. The van der Waals surface area contributed by atoms with Crippen molar-refractivity contribution in [2.45, 2.75) is 6.54 Å². The molecule has 0 atom stereocenters. The zero-order valence-corrected chi connectivity index (χ0v) is 10.6. The molecule has 3 nitrogen and oxygen atoms in total. The van der Waals surface area contributed by atoms with E-state index in [4.69, 9.17) is 11.6 Å². The second-order valence-electron chi connectivity index (χ2n) is 2.88. The largest absolute Gasteiger partial charge is 0.291 e. The molecule has 0 amide bonds. The molecule has 2 aromatic heterocycles. The number of hydrogen-bond acceptors (Lipinski definition) is 3. The van der Waals surface area contributed by atoms with E-state index in [9.17, 15) is 4.79 Å². The quantitative estimate of drug-likeness (QED) is 0.816. The van der Waals surface area contributed by atoms with Gasteiger partial charge < -0.3 is 0 Å². The lowest BCUT2D eigenvalue weighted by Crippen LogP contribution is -2.09. The molecule has 0 unspecified atom stereocenters. The molecule has 15 heavy (non-hydrogen) atoms. The lowest BCUT2D eigenvalue weighted by molar-refractivity contribution is 0.0971. The standard InChI is InChI=1S/C9H6BrClN2OS/c10-7-1-2-15-9(7)8(14)5-13-4-6(11)3-12-13/h1-4H,5H2. The predicted octanol–water partition coefficient (Wildman–Crippen LogP) is 3.24. The molecule has 0 aliphatic heterocycles. The molecule has 2 heterocycles. The SMILES string of the molecule is O=C(Cn1cc(Cl)cn1)c1sccc1Br. The molecule has 2 aromatic rings. The molecule has 2 rings (SSSR count). The van der Waals surface area contributed by atoms with Crippen LogP contribution in [0.1, 0.15) is 9.67 Å². The fourth-order valence-electron chi connectivity index (χ4n) is 1.14. The van der Waals surface area contributed by atoms with Crippen molar-refractivity contribution in [3.8, 4) is 0 Å². The first kappa shape index (κ1) is 10.9.